The van der Waals surface area contributed by atoms with E-state index in [2.05, 4.69) is 26.6 Å². The number of aryl methyl sites for hydroxylation is 1. The highest BCUT2D eigenvalue weighted by Gasteiger charge is 2.37. The van der Waals surface area contributed by atoms with E-state index in [1.165, 1.54) is 6.08 Å². The lowest BCUT2D eigenvalue weighted by Crippen LogP contribution is -2.54. The number of urea groups is 1. The molecule has 0 bridgehead atoms. The molecule has 8 nitrogen and oxygen atoms in total. The molecule has 184 valence electrons. The number of carbonyl (C=O) groups excluding carboxylic acids is 4. The summed E-state index contributed by atoms with van der Waals surface area (Å²) in [5.74, 6) is -1.72. The van der Waals surface area contributed by atoms with E-state index >= 15 is 0 Å². The van der Waals surface area contributed by atoms with Gasteiger partial charge in [-0.3, -0.25) is 19.7 Å². The van der Waals surface area contributed by atoms with E-state index in [1.54, 1.807) is 48.0 Å². The average Bonchev–Trinajstić information content (AvgIpc) is 3.20. The predicted molar refractivity (Wildman–Crippen MR) is 145 cm³/mol. The van der Waals surface area contributed by atoms with Gasteiger partial charge in [0.2, 0.25) is 5.91 Å². The maximum absolute atomic E-state index is 13.4. The molecule has 0 unspecified atom stereocenters. The molecule has 9 heteroatoms. The average molecular weight is 557 g/mol. The number of carbonyl (C=O) groups is 4. The molecule has 1 saturated heterocycles. The smallest absolute Gasteiger partial charge is 0.335 e. The Labute approximate surface area is 220 Å². The van der Waals surface area contributed by atoms with Gasteiger partial charge >= 0.3 is 6.03 Å². The van der Waals surface area contributed by atoms with Crippen molar-refractivity contribution in [3.8, 4) is 0 Å². The molecular formula is C28H21BrN4O4. The first-order chi connectivity index (χ1) is 17.8. The lowest BCUT2D eigenvalue weighted by atomic mass is 10.1. The Morgan fingerprint density at radius 2 is 1.73 bits per heavy atom. The number of nitrogens with zero attached hydrogens (tertiary/aromatic N) is 2. The Bertz CT molecular complexity index is 1610. The second kappa shape index (κ2) is 9.87. The number of nitrogens with one attached hydrogen (secondary N) is 2. The Morgan fingerprint density at radius 3 is 2.49 bits per heavy atom. The van der Waals surface area contributed by atoms with Gasteiger partial charge in [-0.2, -0.15) is 0 Å². The number of hydrogen-bond acceptors (Lipinski definition) is 4. The zero-order valence-electron chi connectivity index (χ0n) is 19.7. The van der Waals surface area contributed by atoms with Crippen molar-refractivity contribution in [3.05, 3.63) is 100 Å². The van der Waals surface area contributed by atoms with Crippen molar-refractivity contribution in [2.45, 2.75) is 13.5 Å². The fourth-order valence-corrected chi connectivity index (χ4v) is 4.77. The third kappa shape index (κ3) is 4.81. The summed E-state index contributed by atoms with van der Waals surface area (Å²) < 4.78 is 2.56. The van der Waals surface area contributed by atoms with Gasteiger partial charge in [0, 0.05) is 32.8 Å². The van der Waals surface area contributed by atoms with Crippen LogP contribution in [0, 0.1) is 6.92 Å². The van der Waals surface area contributed by atoms with Gasteiger partial charge in [0.25, 0.3) is 11.8 Å². The molecule has 2 N–H and O–H groups in total. The van der Waals surface area contributed by atoms with Gasteiger partial charge in [0.05, 0.1) is 5.69 Å². The summed E-state index contributed by atoms with van der Waals surface area (Å²) in [6, 6.07) is 20.9. The van der Waals surface area contributed by atoms with Crippen molar-refractivity contribution in [1.29, 1.82) is 0 Å². The third-order valence-corrected chi connectivity index (χ3v) is 6.49. The van der Waals surface area contributed by atoms with Gasteiger partial charge in [-0.15, -0.1) is 0 Å². The van der Waals surface area contributed by atoms with Crippen LogP contribution in [0.3, 0.4) is 0 Å². The summed E-state index contributed by atoms with van der Waals surface area (Å²) in [7, 11) is 0. The number of aromatic nitrogens is 1. The zero-order valence-corrected chi connectivity index (χ0v) is 21.3. The number of para-hydroxylation sites is 2. The standard InChI is InChI=1S/C28H21BrN4O4/c1-17-13-19(29)11-12-23(17)33-27(36)22(26(35)31-28(33)37)14-18-15-32(24-10-6-5-9-21(18)24)16-25(34)30-20-7-3-2-4-8-20/h2-15H,16H2,1H3,(H,30,34)(H,31,35,37)/b22-14-. The first-order valence-corrected chi connectivity index (χ1v) is 12.2. The second-order valence-electron chi connectivity index (χ2n) is 8.53. The van der Waals surface area contributed by atoms with Gasteiger partial charge in [0.1, 0.15) is 12.1 Å². The molecule has 1 aromatic heterocycles. The zero-order chi connectivity index (χ0) is 26.1. The summed E-state index contributed by atoms with van der Waals surface area (Å²) in [4.78, 5) is 52.4. The maximum Gasteiger partial charge on any atom is 0.335 e. The van der Waals surface area contributed by atoms with Gasteiger partial charge in [-0.05, 0) is 55.0 Å². The molecule has 5 rings (SSSR count). The number of hydrogen-bond donors (Lipinski definition) is 2. The summed E-state index contributed by atoms with van der Waals surface area (Å²) in [6.07, 6.45) is 3.17. The number of halogens is 1. The molecule has 1 fully saturated rings. The lowest BCUT2D eigenvalue weighted by molar-refractivity contribution is -0.122. The number of barbiturate groups is 1. The van der Waals surface area contributed by atoms with Crippen LogP contribution in [0.1, 0.15) is 11.1 Å². The summed E-state index contributed by atoms with van der Waals surface area (Å²) in [5.41, 5.74) is 2.90. The highest BCUT2D eigenvalue weighted by Crippen LogP contribution is 2.29. The van der Waals surface area contributed by atoms with Gasteiger partial charge in [0.15, 0.2) is 0 Å². The van der Waals surface area contributed by atoms with E-state index in [9.17, 15) is 19.2 Å². The van der Waals surface area contributed by atoms with Crippen LogP contribution in [0.25, 0.3) is 17.0 Å². The summed E-state index contributed by atoms with van der Waals surface area (Å²) in [6.45, 7) is 1.80. The van der Waals surface area contributed by atoms with Crippen molar-refractivity contribution in [2.24, 2.45) is 0 Å². The first kappa shape index (κ1) is 24.2. The highest BCUT2D eigenvalue weighted by molar-refractivity contribution is 9.10. The first-order valence-electron chi connectivity index (χ1n) is 11.4. The Balaban J connectivity index is 1.50. The van der Waals surface area contributed by atoms with Crippen LogP contribution < -0.4 is 15.5 Å². The van der Waals surface area contributed by atoms with E-state index in [-0.39, 0.29) is 18.0 Å². The number of fused-ring (bicyclic) bond motifs is 1. The monoisotopic (exact) mass is 556 g/mol. The van der Waals surface area contributed by atoms with Crippen LogP contribution >= 0.6 is 15.9 Å². The Hall–Kier alpha value is -4.50. The molecule has 2 heterocycles. The minimum absolute atomic E-state index is 0.0292. The van der Waals surface area contributed by atoms with E-state index in [0.717, 1.165) is 20.3 Å². The van der Waals surface area contributed by atoms with Crippen LogP contribution in [0.4, 0.5) is 16.2 Å². The van der Waals surface area contributed by atoms with Gasteiger partial charge < -0.3 is 9.88 Å². The van der Waals surface area contributed by atoms with Gasteiger partial charge in [-0.25, -0.2) is 9.69 Å². The van der Waals surface area contributed by atoms with Crippen molar-refractivity contribution in [2.75, 3.05) is 10.2 Å². The topological polar surface area (TPSA) is 101 Å². The number of rotatable bonds is 5. The fourth-order valence-electron chi connectivity index (χ4n) is 4.30. The van der Waals surface area contributed by atoms with E-state index in [4.69, 9.17) is 0 Å². The van der Waals surface area contributed by atoms with Crippen molar-refractivity contribution < 1.29 is 19.2 Å². The highest BCUT2D eigenvalue weighted by atomic mass is 79.9. The third-order valence-electron chi connectivity index (χ3n) is 5.99. The van der Waals surface area contributed by atoms with Crippen LogP contribution in [0.2, 0.25) is 0 Å². The van der Waals surface area contributed by atoms with E-state index in [0.29, 0.717) is 22.5 Å². The van der Waals surface area contributed by atoms with E-state index in [1.807, 2.05) is 42.5 Å². The van der Waals surface area contributed by atoms with Crippen LogP contribution in [0.15, 0.2) is 89.0 Å². The molecule has 0 spiro atoms. The molecule has 3 aromatic carbocycles. The lowest BCUT2D eigenvalue weighted by Gasteiger charge is -2.27. The fraction of sp³-hybridized carbons (Fsp3) is 0.0714. The molecule has 0 atom stereocenters. The second-order valence-corrected chi connectivity index (χ2v) is 9.45. The minimum atomic E-state index is -0.808. The number of benzene rings is 3. The van der Waals surface area contributed by atoms with Crippen LogP contribution in [-0.2, 0) is 20.9 Å². The van der Waals surface area contributed by atoms with Crippen molar-refractivity contribution >= 4 is 68.0 Å². The molecule has 1 aliphatic rings. The predicted octanol–water partition coefficient (Wildman–Crippen LogP) is 5.02. The number of amides is 5. The van der Waals surface area contributed by atoms with Gasteiger partial charge in [-0.1, -0.05) is 52.3 Å². The Morgan fingerprint density at radius 1 is 1.00 bits per heavy atom. The minimum Gasteiger partial charge on any atom is -0.337 e. The molecule has 5 amide bonds. The largest absolute Gasteiger partial charge is 0.337 e. The van der Waals surface area contributed by atoms with Crippen molar-refractivity contribution in [3.63, 3.8) is 0 Å². The number of anilines is 2. The molecule has 0 aliphatic carbocycles. The Kier molecular flexibility index (Phi) is 6.45. The SMILES string of the molecule is Cc1cc(Br)ccc1N1C(=O)NC(=O)/C(=C/c2cn(CC(=O)Nc3ccccc3)c3ccccc23)C1=O. The van der Waals surface area contributed by atoms with E-state index < -0.39 is 17.8 Å². The number of imide groups is 2. The normalized spacial score (nSPS) is 14.8. The van der Waals surface area contributed by atoms with Crippen LogP contribution in [0.5, 0.6) is 0 Å². The summed E-state index contributed by atoms with van der Waals surface area (Å²) >= 11 is 3.38. The maximum atomic E-state index is 13.4. The molecule has 37 heavy (non-hydrogen) atoms. The molecule has 0 saturated carbocycles. The summed E-state index contributed by atoms with van der Waals surface area (Å²) in [5, 5.41) is 5.87. The molecule has 0 radical (unpaired) electrons. The quantitative estimate of drug-likeness (QED) is 0.266. The molecular weight excluding hydrogens is 536 g/mol. The molecule has 1 aliphatic heterocycles. The van der Waals surface area contributed by atoms with Crippen molar-refractivity contribution in [1.82, 2.24) is 9.88 Å². The molecule has 4 aromatic rings. The van der Waals surface area contributed by atoms with Crippen LogP contribution in [-0.4, -0.2) is 28.3 Å².